The molecule has 0 spiro atoms. The highest BCUT2D eigenvalue weighted by Crippen LogP contribution is 2.23. The zero-order chi connectivity index (χ0) is 12.3. The first kappa shape index (κ1) is 12.1. The molecule has 2 atom stereocenters. The smallest absolute Gasteiger partial charge is 0.0791 e. The van der Waals surface area contributed by atoms with Gasteiger partial charge in [0.15, 0.2) is 0 Å². The fraction of sp³-hybridized carbons (Fsp3) is 0.333. The van der Waals surface area contributed by atoms with Crippen molar-refractivity contribution in [2.45, 2.75) is 32.0 Å². The van der Waals surface area contributed by atoms with Crippen LogP contribution in [0.3, 0.4) is 0 Å². The lowest BCUT2D eigenvalue weighted by Crippen LogP contribution is -2.04. The average molecular weight is 230 g/mol. The van der Waals surface area contributed by atoms with Crippen LogP contribution in [0.5, 0.6) is 0 Å². The van der Waals surface area contributed by atoms with E-state index in [-0.39, 0.29) is 6.10 Å². The van der Waals surface area contributed by atoms with Crippen LogP contribution in [0.15, 0.2) is 42.5 Å². The molecule has 2 heteroatoms. The molecule has 0 aromatic heterocycles. The van der Waals surface area contributed by atoms with Crippen molar-refractivity contribution >= 4 is 10.8 Å². The van der Waals surface area contributed by atoms with Crippen LogP contribution in [0, 0.1) is 0 Å². The summed E-state index contributed by atoms with van der Waals surface area (Å²) in [6, 6.07) is 14.1. The Kier molecular flexibility index (Phi) is 3.77. The molecule has 0 aliphatic rings. The summed E-state index contributed by atoms with van der Waals surface area (Å²) in [5, 5.41) is 21.5. The normalized spacial score (nSPS) is 14.8. The number of aliphatic hydroxyl groups is 2. The molecule has 2 aromatic carbocycles. The van der Waals surface area contributed by atoms with Crippen molar-refractivity contribution in [1.82, 2.24) is 0 Å². The summed E-state index contributed by atoms with van der Waals surface area (Å²) in [5.74, 6) is 0. The van der Waals surface area contributed by atoms with E-state index >= 15 is 0 Å². The van der Waals surface area contributed by atoms with Gasteiger partial charge in [0.05, 0.1) is 12.2 Å². The van der Waals surface area contributed by atoms with Crippen molar-refractivity contribution in [3.05, 3.63) is 48.0 Å². The van der Waals surface area contributed by atoms with Gasteiger partial charge in [-0.2, -0.15) is 0 Å². The highest BCUT2D eigenvalue weighted by molar-refractivity contribution is 5.83. The predicted molar refractivity (Wildman–Crippen MR) is 69.8 cm³/mol. The van der Waals surface area contributed by atoms with Crippen LogP contribution in [0.4, 0.5) is 0 Å². The summed E-state index contributed by atoms with van der Waals surface area (Å²) < 4.78 is 0. The Bertz CT molecular complexity index is 491. The quantitative estimate of drug-likeness (QED) is 0.847. The molecule has 0 saturated carbocycles. The Morgan fingerprint density at radius 1 is 0.941 bits per heavy atom. The van der Waals surface area contributed by atoms with Crippen LogP contribution in [-0.4, -0.2) is 16.3 Å². The van der Waals surface area contributed by atoms with Crippen molar-refractivity contribution in [3.8, 4) is 0 Å². The summed E-state index contributed by atoms with van der Waals surface area (Å²) in [6.45, 7) is 1.74. The second-order valence-electron chi connectivity index (χ2n) is 4.55. The molecule has 2 unspecified atom stereocenters. The fourth-order valence-corrected chi connectivity index (χ4v) is 1.98. The zero-order valence-electron chi connectivity index (χ0n) is 10.0. The number of fused-ring (bicyclic) bond motifs is 1. The van der Waals surface area contributed by atoms with E-state index in [1.54, 1.807) is 6.92 Å². The zero-order valence-corrected chi connectivity index (χ0v) is 10.0. The third kappa shape index (κ3) is 3.05. The number of rotatable bonds is 4. The lowest BCUT2D eigenvalue weighted by molar-refractivity contribution is 0.123. The van der Waals surface area contributed by atoms with Gasteiger partial charge in [0.25, 0.3) is 0 Å². The molecule has 0 heterocycles. The standard InChI is InChI=1S/C15H18O2/c1-11(16)6-9-15(17)14-8-7-12-4-2-3-5-13(12)10-14/h2-5,7-8,10-11,15-17H,6,9H2,1H3. The summed E-state index contributed by atoms with van der Waals surface area (Å²) >= 11 is 0. The van der Waals surface area contributed by atoms with E-state index in [1.807, 2.05) is 36.4 Å². The molecular weight excluding hydrogens is 212 g/mol. The highest BCUT2D eigenvalue weighted by atomic mass is 16.3. The Morgan fingerprint density at radius 3 is 2.35 bits per heavy atom. The lowest BCUT2D eigenvalue weighted by atomic mass is 10.00. The van der Waals surface area contributed by atoms with E-state index in [0.717, 1.165) is 10.9 Å². The van der Waals surface area contributed by atoms with Gasteiger partial charge in [-0.3, -0.25) is 0 Å². The summed E-state index contributed by atoms with van der Waals surface area (Å²) in [4.78, 5) is 0. The van der Waals surface area contributed by atoms with Gasteiger partial charge in [0, 0.05) is 0 Å². The van der Waals surface area contributed by atoms with E-state index in [0.29, 0.717) is 12.8 Å². The van der Waals surface area contributed by atoms with E-state index in [4.69, 9.17) is 0 Å². The fourth-order valence-electron chi connectivity index (χ4n) is 1.98. The van der Waals surface area contributed by atoms with Gasteiger partial charge in [0.2, 0.25) is 0 Å². The molecule has 0 radical (unpaired) electrons. The van der Waals surface area contributed by atoms with Gasteiger partial charge < -0.3 is 10.2 Å². The molecule has 2 rings (SSSR count). The van der Waals surface area contributed by atoms with Crippen molar-refractivity contribution < 1.29 is 10.2 Å². The molecule has 17 heavy (non-hydrogen) atoms. The van der Waals surface area contributed by atoms with E-state index in [2.05, 4.69) is 6.07 Å². The number of benzene rings is 2. The first-order valence-corrected chi connectivity index (χ1v) is 6.01. The van der Waals surface area contributed by atoms with Crippen LogP contribution < -0.4 is 0 Å². The SMILES string of the molecule is CC(O)CCC(O)c1ccc2ccccc2c1. The minimum absolute atomic E-state index is 0.356. The maximum absolute atomic E-state index is 10.0. The van der Waals surface area contributed by atoms with Gasteiger partial charge >= 0.3 is 0 Å². The van der Waals surface area contributed by atoms with Crippen molar-refractivity contribution in [3.63, 3.8) is 0 Å². The largest absolute Gasteiger partial charge is 0.393 e. The predicted octanol–water partition coefficient (Wildman–Crippen LogP) is 3.03. The average Bonchev–Trinajstić information content (AvgIpc) is 2.35. The van der Waals surface area contributed by atoms with Gasteiger partial charge in [-0.1, -0.05) is 36.4 Å². The summed E-state index contributed by atoms with van der Waals surface area (Å²) in [5.41, 5.74) is 0.921. The van der Waals surface area contributed by atoms with Gasteiger partial charge in [-0.25, -0.2) is 0 Å². The van der Waals surface area contributed by atoms with Gasteiger partial charge in [-0.15, -0.1) is 0 Å². The monoisotopic (exact) mass is 230 g/mol. The second kappa shape index (κ2) is 5.30. The Morgan fingerprint density at radius 2 is 1.65 bits per heavy atom. The Balaban J connectivity index is 2.18. The number of aliphatic hydroxyl groups excluding tert-OH is 2. The molecule has 0 fully saturated rings. The molecule has 0 bridgehead atoms. The molecule has 2 N–H and O–H groups in total. The third-order valence-electron chi connectivity index (χ3n) is 3.02. The van der Waals surface area contributed by atoms with Crippen molar-refractivity contribution in [1.29, 1.82) is 0 Å². The highest BCUT2D eigenvalue weighted by Gasteiger charge is 2.09. The minimum Gasteiger partial charge on any atom is -0.393 e. The first-order valence-electron chi connectivity index (χ1n) is 6.01. The maximum Gasteiger partial charge on any atom is 0.0791 e. The number of hydrogen-bond donors (Lipinski definition) is 2. The van der Waals surface area contributed by atoms with Crippen LogP contribution in [0.2, 0.25) is 0 Å². The van der Waals surface area contributed by atoms with Crippen LogP contribution >= 0.6 is 0 Å². The minimum atomic E-state index is -0.491. The Labute approximate surface area is 102 Å². The van der Waals surface area contributed by atoms with E-state index < -0.39 is 6.10 Å². The third-order valence-corrected chi connectivity index (χ3v) is 3.02. The first-order chi connectivity index (χ1) is 8.16. The molecule has 0 saturated heterocycles. The molecule has 0 aliphatic heterocycles. The van der Waals surface area contributed by atoms with Crippen LogP contribution in [0.1, 0.15) is 31.4 Å². The van der Waals surface area contributed by atoms with Crippen LogP contribution in [0.25, 0.3) is 10.8 Å². The molecule has 2 aromatic rings. The number of hydrogen-bond acceptors (Lipinski definition) is 2. The molecule has 0 amide bonds. The molecule has 90 valence electrons. The Hall–Kier alpha value is -1.38. The summed E-state index contributed by atoms with van der Waals surface area (Å²) in [6.07, 6.45) is 0.364. The summed E-state index contributed by atoms with van der Waals surface area (Å²) in [7, 11) is 0. The second-order valence-corrected chi connectivity index (χ2v) is 4.55. The van der Waals surface area contributed by atoms with E-state index in [1.165, 1.54) is 5.39 Å². The topological polar surface area (TPSA) is 40.5 Å². The molecule has 2 nitrogen and oxygen atoms in total. The van der Waals surface area contributed by atoms with Crippen molar-refractivity contribution in [2.24, 2.45) is 0 Å². The van der Waals surface area contributed by atoms with Gasteiger partial charge in [-0.05, 0) is 42.2 Å². The molecular formula is C15H18O2. The maximum atomic E-state index is 10.0. The lowest BCUT2D eigenvalue weighted by Gasteiger charge is -2.12. The van der Waals surface area contributed by atoms with Crippen LogP contribution in [-0.2, 0) is 0 Å². The van der Waals surface area contributed by atoms with E-state index in [9.17, 15) is 10.2 Å². The van der Waals surface area contributed by atoms with Crippen molar-refractivity contribution in [2.75, 3.05) is 0 Å². The van der Waals surface area contributed by atoms with Gasteiger partial charge in [0.1, 0.15) is 0 Å². The molecule has 0 aliphatic carbocycles.